The first kappa shape index (κ1) is 26.2. The number of benzene rings is 1. The van der Waals surface area contributed by atoms with Crippen LogP contribution < -0.4 is 10.6 Å². The predicted octanol–water partition coefficient (Wildman–Crippen LogP) is 4.92. The Labute approximate surface area is 211 Å². The molecule has 0 saturated heterocycles. The summed E-state index contributed by atoms with van der Waals surface area (Å²) in [6.07, 6.45) is 3.92. The molecular weight excluding hydrogens is 464 g/mol. The molecule has 0 atom stereocenters. The van der Waals surface area contributed by atoms with E-state index in [4.69, 9.17) is 16.0 Å². The van der Waals surface area contributed by atoms with Crippen molar-refractivity contribution in [3.8, 4) is 11.3 Å². The van der Waals surface area contributed by atoms with Crippen molar-refractivity contribution in [2.24, 2.45) is 0 Å². The highest BCUT2D eigenvalue weighted by Crippen LogP contribution is 2.28. The van der Waals surface area contributed by atoms with Gasteiger partial charge in [0.2, 0.25) is 0 Å². The van der Waals surface area contributed by atoms with Crippen LogP contribution in [-0.2, 0) is 4.79 Å². The zero-order chi connectivity index (χ0) is 25.2. The average molecular weight is 495 g/mol. The molecule has 35 heavy (non-hydrogen) atoms. The first-order valence-electron chi connectivity index (χ1n) is 11.7. The molecule has 7 nitrogen and oxygen atoms in total. The van der Waals surface area contributed by atoms with Crippen molar-refractivity contribution in [3.05, 3.63) is 82.5 Å². The second-order valence-corrected chi connectivity index (χ2v) is 8.37. The summed E-state index contributed by atoms with van der Waals surface area (Å²) in [5.41, 5.74) is 2.05. The van der Waals surface area contributed by atoms with Gasteiger partial charge >= 0.3 is 0 Å². The number of pyridine rings is 1. The van der Waals surface area contributed by atoms with Crippen molar-refractivity contribution in [1.29, 1.82) is 0 Å². The molecular formula is C27H31ClN4O3. The summed E-state index contributed by atoms with van der Waals surface area (Å²) in [6.45, 7) is 9.37. The van der Waals surface area contributed by atoms with Crippen LogP contribution >= 0.6 is 11.6 Å². The number of carbonyl (C=O) groups is 2. The maximum absolute atomic E-state index is 13.0. The Balaban J connectivity index is 1.80. The number of nitrogens with one attached hydrogen (secondary N) is 2. The topological polar surface area (TPSA) is 87.5 Å². The van der Waals surface area contributed by atoms with Crippen molar-refractivity contribution in [2.45, 2.75) is 27.2 Å². The molecule has 8 heteroatoms. The van der Waals surface area contributed by atoms with Gasteiger partial charge in [0.1, 0.15) is 22.4 Å². The fraction of sp³-hybridized carbons (Fsp3) is 0.296. The van der Waals surface area contributed by atoms with Crippen LogP contribution in [0.5, 0.6) is 0 Å². The quantitative estimate of drug-likeness (QED) is 0.224. The van der Waals surface area contributed by atoms with Crippen LogP contribution in [0.1, 0.15) is 41.9 Å². The minimum Gasteiger partial charge on any atom is -0.457 e. The van der Waals surface area contributed by atoms with Crippen LogP contribution in [0.4, 0.5) is 0 Å². The third-order valence-electron chi connectivity index (χ3n) is 5.65. The molecule has 0 bridgehead atoms. The lowest BCUT2D eigenvalue weighted by molar-refractivity contribution is -0.117. The molecule has 0 spiro atoms. The van der Waals surface area contributed by atoms with Gasteiger partial charge in [0, 0.05) is 24.4 Å². The van der Waals surface area contributed by atoms with E-state index in [0.29, 0.717) is 34.3 Å². The van der Waals surface area contributed by atoms with E-state index in [9.17, 15) is 9.59 Å². The summed E-state index contributed by atoms with van der Waals surface area (Å²) in [5.74, 6) is 0.162. The summed E-state index contributed by atoms with van der Waals surface area (Å²) in [6, 6.07) is 14.2. The molecule has 0 unspecified atom stereocenters. The largest absolute Gasteiger partial charge is 0.457 e. The number of hydrogen-bond acceptors (Lipinski definition) is 5. The number of aryl methyl sites for hydroxylation is 1. The van der Waals surface area contributed by atoms with Crippen LogP contribution in [0.2, 0.25) is 5.15 Å². The standard InChI is InChI=1S/C27H31ClN4O3/c1-4-32(5-2)17-9-16-30-27(34)23(31-26(33)21-11-7-6-10-19(21)3)18-20-13-14-24(35-20)22-12-8-15-29-25(22)28/h6-8,10-15,18H,4-5,9,16-17H2,1-3H3,(H,30,34)(H,31,33)/b23-18+. The van der Waals surface area contributed by atoms with Crippen molar-refractivity contribution >= 4 is 29.5 Å². The lowest BCUT2D eigenvalue weighted by atomic mass is 10.1. The zero-order valence-electron chi connectivity index (χ0n) is 20.3. The van der Waals surface area contributed by atoms with Crippen LogP contribution in [0.3, 0.4) is 0 Å². The molecule has 2 heterocycles. The van der Waals surface area contributed by atoms with Gasteiger partial charge in [0.15, 0.2) is 0 Å². The number of hydrogen-bond donors (Lipinski definition) is 2. The van der Waals surface area contributed by atoms with Gasteiger partial charge in [-0.05, 0) is 68.9 Å². The lowest BCUT2D eigenvalue weighted by Gasteiger charge is -2.18. The number of halogens is 1. The molecule has 0 saturated carbocycles. The highest BCUT2D eigenvalue weighted by atomic mass is 35.5. The molecule has 3 rings (SSSR count). The van der Waals surface area contributed by atoms with Crippen molar-refractivity contribution < 1.29 is 14.0 Å². The highest BCUT2D eigenvalue weighted by molar-refractivity contribution is 6.31. The van der Waals surface area contributed by atoms with Gasteiger partial charge in [-0.1, -0.05) is 43.6 Å². The summed E-state index contributed by atoms with van der Waals surface area (Å²) in [5, 5.41) is 5.98. The van der Waals surface area contributed by atoms with Gasteiger partial charge in [0.25, 0.3) is 11.8 Å². The van der Waals surface area contributed by atoms with Gasteiger partial charge in [-0.15, -0.1) is 0 Å². The smallest absolute Gasteiger partial charge is 0.267 e. The normalized spacial score (nSPS) is 11.5. The third kappa shape index (κ3) is 7.28. The molecule has 0 fully saturated rings. The third-order valence-corrected chi connectivity index (χ3v) is 5.95. The fourth-order valence-corrected chi connectivity index (χ4v) is 3.82. The summed E-state index contributed by atoms with van der Waals surface area (Å²) in [4.78, 5) is 32.3. The number of furan rings is 1. The molecule has 1 aromatic carbocycles. The Morgan fingerprint density at radius 1 is 1.09 bits per heavy atom. The zero-order valence-corrected chi connectivity index (χ0v) is 21.1. The maximum Gasteiger partial charge on any atom is 0.267 e. The molecule has 0 aliphatic heterocycles. The van der Waals surface area contributed by atoms with Crippen LogP contribution in [-0.4, -0.2) is 47.9 Å². The number of rotatable bonds is 11. The van der Waals surface area contributed by atoms with Gasteiger partial charge < -0.3 is 20.0 Å². The van der Waals surface area contributed by atoms with Crippen molar-refractivity contribution in [2.75, 3.05) is 26.2 Å². The lowest BCUT2D eigenvalue weighted by Crippen LogP contribution is -2.36. The molecule has 0 aliphatic rings. The second kappa shape index (κ2) is 12.9. The van der Waals surface area contributed by atoms with E-state index >= 15 is 0 Å². The molecule has 0 radical (unpaired) electrons. The minimum atomic E-state index is -0.385. The monoisotopic (exact) mass is 494 g/mol. The molecule has 3 aromatic rings. The van der Waals surface area contributed by atoms with E-state index in [1.807, 2.05) is 19.1 Å². The van der Waals surface area contributed by atoms with E-state index in [1.165, 1.54) is 6.08 Å². The van der Waals surface area contributed by atoms with E-state index < -0.39 is 0 Å². The van der Waals surface area contributed by atoms with E-state index in [2.05, 4.69) is 34.4 Å². The van der Waals surface area contributed by atoms with Crippen LogP contribution in [0.15, 0.2) is 64.8 Å². The van der Waals surface area contributed by atoms with Gasteiger partial charge in [-0.2, -0.15) is 0 Å². The Kier molecular flexibility index (Phi) is 9.64. The fourth-order valence-electron chi connectivity index (χ4n) is 3.60. The van der Waals surface area contributed by atoms with Crippen LogP contribution in [0, 0.1) is 6.92 Å². The second-order valence-electron chi connectivity index (χ2n) is 8.01. The Bertz CT molecular complexity index is 1180. The number of aromatic nitrogens is 1. The van der Waals surface area contributed by atoms with E-state index in [-0.39, 0.29) is 17.5 Å². The SMILES string of the molecule is CCN(CC)CCCNC(=O)/C(=C\c1ccc(-c2cccnc2Cl)o1)NC(=O)c1ccccc1C. The Morgan fingerprint density at radius 3 is 2.57 bits per heavy atom. The van der Waals surface area contributed by atoms with Crippen molar-refractivity contribution in [1.82, 2.24) is 20.5 Å². The Morgan fingerprint density at radius 2 is 1.86 bits per heavy atom. The molecule has 0 aliphatic carbocycles. The van der Waals surface area contributed by atoms with Gasteiger partial charge in [-0.3, -0.25) is 9.59 Å². The first-order chi connectivity index (χ1) is 16.9. The molecule has 2 N–H and O–H groups in total. The molecule has 2 aromatic heterocycles. The number of carbonyl (C=O) groups excluding carboxylic acids is 2. The minimum absolute atomic E-state index is 0.0966. The Hall–Kier alpha value is -3.42. The number of nitrogens with zero attached hydrogens (tertiary/aromatic N) is 2. The molecule has 184 valence electrons. The highest BCUT2D eigenvalue weighted by Gasteiger charge is 2.17. The summed E-state index contributed by atoms with van der Waals surface area (Å²) < 4.78 is 5.89. The maximum atomic E-state index is 13.0. The van der Waals surface area contributed by atoms with Gasteiger partial charge in [-0.25, -0.2) is 4.98 Å². The summed E-state index contributed by atoms with van der Waals surface area (Å²) >= 11 is 6.18. The average Bonchev–Trinajstić information content (AvgIpc) is 3.32. The van der Waals surface area contributed by atoms with E-state index in [1.54, 1.807) is 42.6 Å². The first-order valence-corrected chi connectivity index (χ1v) is 12.1. The predicted molar refractivity (Wildman–Crippen MR) is 139 cm³/mol. The van der Waals surface area contributed by atoms with Crippen LogP contribution in [0.25, 0.3) is 17.4 Å². The number of amides is 2. The van der Waals surface area contributed by atoms with E-state index in [0.717, 1.165) is 31.6 Å². The molecule has 2 amide bonds. The summed E-state index contributed by atoms with van der Waals surface area (Å²) in [7, 11) is 0. The van der Waals surface area contributed by atoms with Gasteiger partial charge in [0.05, 0.1) is 5.56 Å². The van der Waals surface area contributed by atoms with Crippen molar-refractivity contribution in [3.63, 3.8) is 0 Å².